The van der Waals surface area contributed by atoms with Gasteiger partial charge in [0, 0.05) is 0 Å². The van der Waals surface area contributed by atoms with E-state index in [1.54, 1.807) is 0 Å². The lowest BCUT2D eigenvalue weighted by atomic mass is 9.94. The molecule has 0 bridgehead atoms. The third kappa shape index (κ3) is 6.97. The average molecular weight is 257 g/mol. The lowest BCUT2D eigenvalue weighted by Crippen LogP contribution is -2.53. The number of carbonyl (C=O) groups is 1. The zero-order valence-corrected chi connectivity index (χ0v) is 12.6. The predicted molar refractivity (Wildman–Crippen MR) is 77.5 cm³/mol. The van der Waals surface area contributed by atoms with Gasteiger partial charge in [0.25, 0.3) is 0 Å². The van der Waals surface area contributed by atoms with Crippen LogP contribution in [0, 0.1) is 0 Å². The molecule has 0 saturated heterocycles. The number of hydrogen-bond donors (Lipinski definition) is 2. The van der Waals surface area contributed by atoms with Crippen molar-refractivity contribution in [1.29, 1.82) is 0 Å². The van der Waals surface area contributed by atoms with E-state index in [2.05, 4.69) is 31.1 Å². The summed E-state index contributed by atoms with van der Waals surface area (Å²) in [5.74, 6) is -0.243. The molecular formula is C14H31N3O. The second-order valence-corrected chi connectivity index (χ2v) is 5.38. The summed E-state index contributed by atoms with van der Waals surface area (Å²) in [6.45, 7) is 9.20. The van der Waals surface area contributed by atoms with Gasteiger partial charge in [-0.1, -0.05) is 20.3 Å². The van der Waals surface area contributed by atoms with Gasteiger partial charge in [0.1, 0.15) is 0 Å². The quantitative estimate of drug-likeness (QED) is 0.593. The summed E-state index contributed by atoms with van der Waals surface area (Å²) in [6.07, 6.45) is 5.27. The van der Waals surface area contributed by atoms with Gasteiger partial charge in [0.15, 0.2) is 0 Å². The fourth-order valence-corrected chi connectivity index (χ4v) is 1.94. The summed E-state index contributed by atoms with van der Waals surface area (Å²) >= 11 is 0. The van der Waals surface area contributed by atoms with Gasteiger partial charge in [-0.25, -0.2) is 0 Å². The van der Waals surface area contributed by atoms with Crippen molar-refractivity contribution in [1.82, 2.24) is 10.2 Å². The molecule has 0 aromatic carbocycles. The number of primary amides is 1. The summed E-state index contributed by atoms with van der Waals surface area (Å²) < 4.78 is 0. The van der Waals surface area contributed by atoms with E-state index in [4.69, 9.17) is 5.73 Å². The third-order valence-corrected chi connectivity index (χ3v) is 3.42. The Hall–Kier alpha value is -0.610. The molecule has 4 nitrogen and oxygen atoms in total. The van der Waals surface area contributed by atoms with E-state index < -0.39 is 5.54 Å². The summed E-state index contributed by atoms with van der Waals surface area (Å²) in [5, 5.41) is 3.27. The number of carbonyl (C=O) groups excluding carboxylic acids is 1. The van der Waals surface area contributed by atoms with Crippen molar-refractivity contribution in [3.63, 3.8) is 0 Å². The maximum atomic E-state index is 11.5. The maximum absolute atomic E-state index is 11.5. The van der Waals surface area contributed by atoms with Crippen molar-refractivity contribution in [3.8, 4) is 0 Å². The van der Waals surface area contributed by atoms with Crippen LogP contribution in [0.2, 0.25) is 0 Å². The van der Waals surface area contributed by atoms with Crippen molar-refractivity contribution in [2.45, 2.75) is 58.4 Å². The van der Waals surface area contributed by atoms with E-state index >= 15 is 0 Å². The van der Waals surface area contributed by atoms with Crippen LogP contribution in [-0.2, 0) is 4.79 Å². The van der Waals surface area contributed by atoms with Crippen molar-refractivity contribution in [2.75, 3.05) is 26.7 Å². The summed E-state index contributed by atoms with van der Waals surface area (Å²) in [7, 11) is 2.14. The summed E-state index contributed by atoms with van der Waals surface area (Å²) in [5.41, 5.74) is 4.94. The Kier molecular flexibility index (Phi) is 9.02. The Bertz CT molecular complexity index is 233. The van der Waals surface area contributed by atoms with E-state index in [0.29, 0.717) is 0 Å². The Morgan fingerprint density at radius 1 is 1.22 bits per heavy atom. The predicted octanol–water partition coefficient (Wildman–Crippen LogP) is 1.74. The fraction of sp³-hybridized carbons (Fsp3) is 0.929. The third-order valence-electron chi connectivity index (χ3n) is 3.42. The minimum absolute atomic E-state index is 0.243. The average Bonchev–Trinajstić information content (AvgIpc) is 2.33. The van der Waals surface area contributed by atoms with Crippen molar-refractivity contribution in [3.05, 3.63) is 0 Å². The van der Waals surface area contributed by atoms with Gasteiger partial charge in [0.05, 0.1) is 5.54 Å². The van der Waals surface area contributed by atoms with Crippen LogP contribution >= 0.6 is 0 Å². The zero-order chi connectivity index (χ0) is 14.0. The van der Waals surface area contributed by atoms with Gasteiger partial charge in [0.2, 0.25) is 5.91 Å². The molecule has 0 aromatic heterocycles. The highest BCUT2D eigenvalue weighted by Crippen LogP contribution is 2.12. The normalized spacial score (nSPS) is 14.7. The lowest BCUT2D eigenvalue weighted by molar-refractivity contribution is -0.124. The van der Waals surface area contributed by atoms with Gasteiger partial charge in [-0.2, -0.15) is 0 Å². The molecule has 1 atom stereocenters. The van der Waals surface area contributed by atoms with Gasteiger partial charge >= 0.3 is 0 Å². The number of nitrogens with two attached hydrogens (primary N) is 1. The zero-order valence-electron chi connectivity index (χ0n) is 12.6. The first-order chi connectivity index (χ1) is 8.46. The Morgan fingerprint density at radius 2 is 1.83 bits per heavy atom. The highest BCUT2D eigenvalue weighted by Gasteiger charge is 2.29. The molecule has 0 radical (unpaired) electrons. The molecule has 0 aliphatic rings. The van der Waals surface area contributed by atoms with Crippen LogP contribution in [0.1, 0.15) is 52.9 Å². The molecule has 0 aromatic rings. The maximum Gasteiger partial charge on any atom is 0.237 e. The van der Waals surface area contributed by atoms with Crippen LogP contribution in [0.3, 0.4) is 0 Å². The van der Waals surface area contributed by atoms with Crippen molar-refractivity contribution in [2.24, 2.45) is 5.73 Å². The number of nitrogens with one attached hydrogen (secondary N) is 1. The van der Waals surface area contributed by atoms with Gasteiger partial charge in [-0.15, -0.1) is 0 Å². The van der Waals surface area contributed by atoms with Crippen LogP contribution < -0.4 is 11.1 Å². The standard InChI is InChI=1S/C14H31N3O/c1-5-7-11-17(4)12-8-9-14(3,13(15)18)16-10-6-2/h16H,5-12H2,1-4H3,(H2,15,18). The first-order valence-corrected chi connectivity index (χ1v) is 7.19. The molecule has 1 amide bonds. The topological polar surface area (TPSA) is 58.4 Å². The Morgan fingerprint density at radius 3 is 2.33 bits per heavy atom. The minimum Gasteiger partial charge on any atom is -0.368 e. The number of amides is 1. The Balaban J connectivity index is 4.00. The van der Waals surface area contributed by atoms with E-state index in [1.807, 2.05) is 6.92 Å². The first-order valence-electron chi connectivity index (χ1n) is 7.19. The molecule has 0 rings (SSSR count). The molecule has 0 heterocycles. The fourth-order valence-electron chi connectivity index (χ4n) is 1.94. The molecule has 1 unspecified atom stereocenters. The molecule has 0 aliphatic heterocycles. The molecule has 108 valence electrons. The van der Waals surface area contributed by atoms with Crippen LogP contribution in [-0.4, -0.2) is 43.0 Å². The van der Waals surface area contributed by atoms with E-state index in [1.165, 1.54) is 12.8 Å². The molecule has 18 heavy (non-hydrogen) atoms. The smallest absolute Gasteiger partial charge is 0.237 e. The van der Waals surface area contributed by atoms with E-state index in [0.717, 1.165) is 38.9 Å². The number of unbranched alkanes of at least 4 members (excludes halogenated alkanes) is 1. The molecule has 0 spiro atoms. The van der Waals surface area contributed by atoms with Crippen molar-refractivity contribution >= 4 is 5.91 Å². The Labute approximate surface area is 112 Å². The summed E-state index contributed by atoms with van der Waals surface area (Å²) in [4.78, 5) is 13.8. The lowest BCUT2D eigenvalue weighted by Gasteiger charge is -2.28. The first kappa shape index (κ1) is 17.4. The van der Waals surface area contributed by atoms with Gasteiger partial charge < -0.3 is 16.0 Å². The summed E-state index contributed by atoms with van der Waals surface area (Å²) in [6, 6.07) is 0. The van der Waals surface area contributed by atoms with Crippen LogP contribution in [0.25, 0.3) is 0 Å². The molecule has 0 saturated carbocycles. The molecule has 0 aliphatic carbocycles. The van der Waals surface area contributed by atoms with Crippen LogP contribution in [0.4, 0.5) is 0 Å². The SMILES string of the molecule is CCCCN(C)CCCC(C)(NCCC)C(N)=O. The van der Waals surface area contributed by atoms with Gasteiger partial charge in [-0.05, 0) is 59.3 Å². The second kappa shape index (κ2) is 9.34. The number of rotatable bonds is 11. The van der Waals surface area contributed by atoms with Gasteiger partial charge in [-0.3, -0.25) is 4.79 Å². The van der Waals surface area contributed by atoms with Crippen LogP contribution in [0.15, 0.2) is 0 Å². The number of hydrogen-bond acceptors (Lipinski definition) is 3. The number of nitrogens with zero attached hydrogens (tertiary/aromatic N) is 1. The van der Waals surface area contributed by atoms with Crippen molar-refractivity contribution < 1.29 is 4.79 Å². The monoisotopic (exact) mass is 257 g/mol. The minimum atomic E-state index is -0.554. The molecule has 4 heteroatoms. The van der Waals surface area contributed by atoms with Crippen LogP contribution in [0.5, 0.6) is 0 Å². The highest BCUT2D eigenvalue weighted by molar-refractivity contribution is 5.84. The van der Waals surface area contributed by atoms with E-state index in [9.17, 15) is 4.79 Å². The molecule has 0 fully saturated rings. The van der Waals surface area contributed by atoms with E-state index in [-0.39, 0.29) is 5.91 Å². The largest absolute Gasteiger partial charge is 0.368 e. The molecule has 3 N–H and O–H groups in total. The molecular weight excluding hydrogens is 226 g/mol. The second-order valence-electron chi connectivity index (χ2n) is 5.38. The highest BCUT2D eigenvalue weighted by atomic mass is 16.1.